The maximum absolute atomic E-state index is 13.4. The van der Waals surface area contributed by atoms with Crippen LogP contribution in [-0.2, 0) is 15.8 Å². The van der Waals surface area contributed by atoms with Gasteiger partial charge in [0.2, 0.25) is 11.8 Å². The van der Waals surface area contributed by atoms with Gasteiger partial charge in [-0.2, -0.15) is 13.2 Å². The van der Waals surface area contributed by atoms with Gasteiger partial charge in [-0.05, 0) is 30.3 Å². The van der Waals surface area contributed by atoms with Crippen LogP contribution in [0.4, 0.5) is 30.2 Å². The fraction of sp³-hybridized carbons (Fsp3) is 0.176. The summed E-state index contributed by atoms with van der Waals surface area (Å²) in [5.74, 6) is -1.27. The van der Waals surface area contributed by atoms with Gasteiger partial charge in [0.1, 0.15) is 6.42 Å². The average molecular weight is 369 g/mol. The number of alkyl halides is 3. The number of carbonyl (C=O) groups excluding carboxylic acids is 2. The van der Waals surface area contributed by atoms with Crippen LogP contribution in [0, 0.1) is 0 Å². The van der Waals surface area contributed by atoms with Gasteiger partial charge in [0, 0.05) is 12.1 Å². The smallest absolute Gasteiger partial charge is 0.313 e. The first-order chi connectivity index (χ1) is 11.7. The first-order valence-corrected chi connectivity index (χ1v) is 7.63. The molecule has 1 heterocycles. The molecule has 0 aromatic heterocycles. The molecule has 0 spiro atoms. The van der Waals surface area contributed by atoms with Gasteiger partial charge < -0.3 is 4.90 Å². The summed E-state index contributed by atoms with van der Waals surface area (Å²) >= 11 is 5.98. The highest BCUT2D eigenvalue weighted by Gasteiger charge is 2.38. The molecular weight excluding hydrogens is 357 g/mol. The van der Waals surface area contributed by atoms with Gasteiger partial charge in [-0.3, -0.25) is 14.5 Å². The lowest BCUT2D eigenvalue weighted by Gasteiger charge is -2.26. The topological polar surface area (TPSA) is 40.6 Å². The number of nitrogens with zero attached hydrogens (tertiary/aromatic N) is 2. The third kappa shape index (κ3) is 3.07. The van der Waals surface area contributed by atoms with Gasteiger partial charge in [-0.15, -0.1) is 0 Å². The Morgan fingerprint density at radius 1 is 0.960 bits per heavy atom. The van der Waals surface area contributed by atoms with Crippen LogP contribution in [0.5, 0.6) is 0 Å². The summed E-state index contributed by atoms with van der Waals surface area (Å²) in [5.41, 5.74) is -0.877. The fourth-order valence-corrected chi connectivity index (χ4v) is 2.89. The lowest BCUT2D eigenvalue weighted by molar-refractivity contribution is -0.137. The van der Waals surface area contributed by atoms with Gasteiger partial charge in [0.15, 0.2) is 0 Å². The van der Waals surface area contributed by atoms with Crippen molar-refractivity contribution in [2.45, 2.75) is 12.6 Å². The summed E-state index contributed by atoms with van der Waals surface area (Å²) in [4.78, 5) is 26.9. The molecule has 130 valence electrons. The Kier molecular flexibility index (Phi) is 4.20. The molecule has 0 saturated heterocycles. The summed E-state index contributed by atoms with van der Waals surface area (Å²) in [6.07, 6.45) is -5.20. The standard InChI is InChI=1S/C17H12ClF3N2O2/c1-22-13-7-6-10(18)8-14(13)23(16(25)9-15(22)24)12-5-3-2-4-11(12)17(19,20)21/h2-8H,9H2,1H3. The van der Waals surface area contributed by atoms with E-state index in [-0.39, 0.29) is 16.4 Å². The molecule has 1 aliphatic rings. The van der Waals surface area contributed by atoms with E-state index in [4.69, 9.17) is 11.6 Å². The molecule has 0 atom stereocenters. The highest BCUT2D eigenvalue weighted by atomic mass is 35.5. The zero-order valence-electron chi connectivity index (χ0n) is 13.0. The third-order valence-corrected chi connectivity index (χ3v) is 4.15. The van der Waals surface area contributed by atoms with Crippen molar-refractivity contribution in [2.24, 2.45) is 0 Å². The Morgan fingerprint density at radius 2 is 1.64 bits per heavy atom. The summed E-state index contributed by atoms with van der Waals surface area (Å²) in [5, 5.41) is 0.240. The molecule has 0 fully saturated rings. The van der Waals surface area contributed by atoms with Gasteiger partial charge in [-0.1, -0.05) is 23.7 Å². The van der Waals surface area contributed by atoms with Crippen LogP contribution in [0.15, 0.2) is 42.5 Å². The Hall–Kier alpha value is -2.54. The molecule has 0 aliphatic carbocycles. The molecule has 8 heteroatoms. The van der Waals surface area contributed by atoms with E-state index in [2.05, 4.69) is 0 Å². The van der Waals surface area contributed by atoms with Crippen LogP contribution in [0.3, 0.4) is 0 Å². The van der Waals surface area contributed by atoms with E-state index >= 15 is 0 Å². The summed E-state index contributed by atoms with van der Waals surface area (Å²) in [6.45, 7) is 0. The molecule has 25 heavy (non-hydrogen) atoms. The second-order valence-corrected chi connectivity index (χ2v) is 5.94. The number of hydrogen-bond donors (Lipinski definition) is 0. The molecule has 0 unspecified atom stereocenters. The van der Waals surface area contributed by atoms with Crippen LogP contribution in [-0.4, -0.2) is 18.9 Å². The second kappa shape index (κ2) is 6.07. The molecule has 0 N–H and O–H groups in total. The molecule has 2 aromatic rings. The summed E-state index contributed by atoms with van der Waals surface area (Å²) in [6, 6.07) is 9.11. The van der Waals surface area contributed by atoms with Gasteiger partial charge in [0.25, 0.3) is 0 Å². The number of anilines is 3. The number of fused-ring (bicyclic) bond motifs is 1. The maximum Gasteiger partial charge on any atom is 0.418 e. The number of hydrogen-bond acceptors (Lipinski definition) is 2. The number of carbonyl (C=O) groups is 2. The Bertz CT molecular complexity index is 867. The summed E-state index contributed by atoms with van der Waals surface area (Å²) < 4.78 is 40.2. The van der Waals surface area contributed by atoms with Crippen LogP contribution in [0.2, 0.25) is 5.02 Å². The normalized spacial score (nSPS) is 15.2. The van der Waals surface area contributed by atoms with E-state index in [1.807, 2.05) is 0 Å². The minimum atomic E-state index is -4.65. The molecule has 2 aromatic carbocycles. The Morgan fingerprint density at radius 3 is 2.32 bits per heavy atom. The SMILES string of the molecule is CN1C(=O)CC(=O)N(c2ccccc2C(F)(F)F)c2cc(Cl)ccc21. The Balaban J connectivity index is 2.30. The van der Waals surface area contributed by atoms with E-state index in [1.54, 1.807) is 0 Å². The van der Waals surface area contributed by atoms with Crippen molar-refractivity contribution in [1.29, 1.82) is 0 Å². The quantitative estimate of drug-likeness (QED) is 0.700. The van der Waals surface area contributed by atoms with Crippen LogP contribution < -0.4 is 9.80 Å². The van der Waals surface area contributed by atoms with Crippen molar-refractivity contribution < 1.29 is 22.8 Å². The predicted octanol–water partition coefficient (Wildman–Crippen LogP) is 4.39. The molecule has 2 amide bonds. The highest BCUT2D eigenvalue weighted by Crippen LogP contribution is 2.44. The molecule has 3 rings (SSSR count). The number of para-hydroxylation sites is 1. The molecule has 0 radical (unpaired) electrons. The molecule has 1 aliphatic heterocycles. The predicted molar refractivity (Wildman–Crippen MR) is 88.1 cm³/mol. The van der Waals surface area contributed by atoms with Crippen molar-refractivity contribution in [1.82, 2.24) is 0 Å². The molecule has 4 nitrogen and oxygen atoms in total. The second-order valence-electron chi connectivity index (χ2n) is 5.51. The minimum absolute atomic E-state index is 0.127. The maximum atomic E-state index is 13.4. The van der Waals surface area contributed by atoms with Crippen LogP contribution >= 0.6 is 11.6 Å². The molecular formula is C17H12ClF3N2O2. The van der Waals surface area contributed by atoms with Crippen molar-refractivity contribution in [3.8, 4) is 0 Å². The monoisotopic (exact) mass is 368 g/mol. The fourth-order valence-electron chi connectivity index (χ4n) is 2.73. The van der Waals surface area contributed by atoms with E-state index in [1.165, 1.54) is 48.3 Å². The van der Waals surface area contributed by atoms with Crippen molar-refractivity contribution in [3.63, 3.8) is 0 Å². The largest absolute Gasteiger partial charge is 0.418 e. The number of halogens is 4. The van der Waals surface area contributed by atoms with Crippen molar-refractivity contribution >= 4 is 40.5 Å². The minimum Gasteiger partial charge on any atom is -0.313 e. The number of amides is 2. The zero-order valence-corrected chi connectivity index (χ0v) is 13.7. The van der Waals surface area contributed by atoms with Gasteiger partial charge in [0.05, 0.1) is 22.6 Å². The first-order valence-electron chi connectivity index (χ1n) is 7.25. The average Bonchev–Trinajstić information content (AvgIpc) is 2.62. The molecule has 0 saturated carbocycles. The molecule has 0 bridgehead atoms. The van der Waals surface area contributed by atoms with Crippen molar-refractivity contribution in [3.05, 3.63) is 53.1 Å². The lowest BCUT2D eigenvalue weighted by atomic mass is 10.1. The Labute approximate surface area is 146 Å². The van der Waals surface area contributed by atoms with Gasteiger partial charge in [-0.25, -0.2) is 0 Å². The van der Waals surface area contributed by atoms with Crippen molar-refractivity contribution in [2.75, 3.05) is 16.8 Å². The van der Waals surface area contributed by atoms with Crippen LogP contribution in [0.25, 0.3) is 0 Å². The summed E-state index contributed by atoms with van der Waals surface area (Å²) in [7, 11) is 1.46. The van der Waals surface area contributed by atoms with E-state index in [9.17, 15) is 22.8 Å². The number of rotatable bonds is 1. The van der Waals surface area contributed by atoms with Crippen LogP contribution in [0.1, 0.15) is 12.0 Å². The van der Waals surface area contributed by atoms with Gasteiger partial charge >= 0.3 is 6.18 Å². The number of benzene rings is 2. The third-order valence-electron chi connectivity index (χ3n) is 3.92. The van der Waals surface area contributed by atoms with E-state index < -0.39 is 30.0 Å². The zero-order chi connectivity index (χ0) is 18.4. The highest BCUT2D eigenvalue weighted by molar-refractivity contribution is 6.31. The van der Waals surface area contributed by atoms with E-state index in [0.29, 0.717) is 5.69 Å². The first kappa shape index (κ1) is 17.3. The lowest BCUT2D eigenvalue weighted by Crippen LogP contribution is -2.30. The van der Waals surface area contributed by atoms with E-state index in [0.717, 1.165) is 11.0 Å².